The molecule has 2 rings (SSSR count). The molecule has 0 aromatic carbocycles. The summed E-state index contributed by atoms with van der Waals surface area (Å²) in [6.45, 7) is 0. The first-order valence-electron chi connectivity index (χ1n) is 6.05. The molecule has 0 spiro atoms. The van der Waals surface area contributed by atoms with Crippen molar-refractivity contribution in [3.05, 3.63) is 39.6 Å². The third kappa shape index (κ3) is 4.03. The molecule has 2 aromatic rings. The Balaban J connectivity index is 2.21. The second-order valence-electron chi connectivity index (χ2n) is 4.28. The SMILES string of the molecule is CN(C)/N=C/c1ccc(-c2ccc(C=C(C#N)C#N)s2)s1. The maximum absolute atomic E-state index is 8.77. The molecule has 2 heterocycles. The van der Waals surface area contributed by atoms with Crippen molar-refractivity contribution in [2.24, 2.45) is 5.10 Å². The van der Waals surface area contributed by atoms with Crippen molar-refractivity contribution in [3.8, 4) is 21.9 Å². The van der Waals surface area contributed by atoms with Crippen LogP contribution in [-0.2, 0) is 0 Å². The second-order valence-corrected chi connectivity index (χ2v) is 6.51. The lowest BCUT2D eigenvalue weighted by atomic mass is 10.3. The molecule has 4 nitrogen and oxygen atoms in total. The van der Waals surface area contributed by atoms with Crippen LogP contribution in [0, 0.1) is 22.7 Å². The fraction of sp³-hybridized carbons (Fsp3) is 0.133. The van der Waals surface area contributed by atoms with Gasteiger partial charge in [-0.15, -0.1) is 22.7 Å². The molecule has 0 atom stereocenters. The number of allylic oxidation sites excluding steroid dienone is 1. The van der Waals surface area contributed by atoms with Crippen LogP contribution in [0.5, 0.6) is 0 Å². The molecule has 0 unspecified atom stereocenters. The Morgan fingerprint density at radius 3 is 2.19 bits per heavy atom. The number of rotatable bonds is 4. The highest BCUT2D eigenvalue weighted by molar-refractivity contribution is 7.23. The van der Waals surface area contributed by atoms with Crippen molar-refractivity contribution in [1.82, 2.24) is 5.01 Å². The molecule has 2 aromatic heterocycles. The number of nitrogens with zero attached hydrogens (tertiary/aromatic N) is 4. The van der Waals surface area contributed by atoms with Gasteiger partial charge in [0, 0.05) is 33.6 Å². The van der Waals surface area contributed by atoms with Crippen LogP contribution in [0.4, 0.5) is 0 Å². The van der Waals surface area contributed by atoms with E-state index < -0.39 is 0 Å². The van der Waals surface area contributed by atoms with E-state index in [-0.39, 0.29) is 5.57 Å². The monoisotopic (exact) mass is 312 g/mol. The van der Waals surface area contributed by atoms with E-state index in [9.17, 15) is 0 Å². The summed E-state index contributed by atoms with van der Waals surface area (Å²) in [5, 5.41) is 23.5. The maximum atomic E-state index is 8.77. The van der Waals surface area contributed by atoms with E-state index in [1.54, 1.807) is 33.8 Å². The summed E-state index contributed by atoms with van der Waals surface area (Å²) in [6, 6.07) is 11.7. The zero-order valence-corrected chi connectivity index (χ0v) is 13.2. The molecule has 0 amide bonds. The summed E-state index contributed by atoms with van der Waals surface area (Å²) in [6.07, 6.45) is 3.43. The Bertz CT molecular complexity index is 750. The van der Waals surface area contributed by atoms with Gasteiger partial charge in [-0.25, -0.2) is 0 Å². The van der Waals surface area contributed by atoms with Crippen molar-refractivity contribution in [1.29, 1.82) is 10.5 Å². The second kappa shape index (κ2) is 6.85. The Kier molecular flexibility index (Phi) is 4.89. The zero-order chi connectivity index (χ0) is 15.2. The van der Waals surface area contributed by atoms with Crippen molar-refractivity contribution in [2.75, 3.05) is 14.1 Å². The molecule has 0 aliphatic heterocycles. The van der Waals surface area contributed by atoms with Crippen LogP contribution < -0.4 is 0 Å². The third-order valence-electron chi connectivity index (χ3n) is 2.44. The lowest BCUT2D eigenvalue weighted by molar-refractivity contribution is 0.440. The van der Waals surface area contributed by atoms with E-state index >= 15 is 0 Å². The minimum Gasteiger partial charge on any atom is -0.303 e. The summed E-state index contributed by atoms with van der Waals surface area (Å²) in [4.78, 5) is 4.25. The zero-order valence-electron chi connectivity index (χ0n) is 11.6. The molecule has 104 valence electrons. The summed E-state index contributed by atoms with van der Waals surface area (Å²) >= 11 is 3.22. The highest BCUT2D eigenvalue weighted by Gasteiger charge is 2.05. The molecular weight excluding hydrogens is 300 g/mol. The van der Waals surface area contributed by atoms with E-state index in [2.05, 4.69) is 11.2 Å². The largest absolute Gasteiger partial charge is 0.303 e. The average molecular weight is 312 g/mol. The average Bonchev–Trinajstić information content (AvgIpc) is 3.11. The fourth-order valence-corrected chi connectivity index (χ4v) is 3.44. The summed E-state index contributed by atoms with van der Waals surface area (Å²) in [5.41, 5.74) is 0.119. The molecule has 0 fully saturated rings. The van der Waals surface area contributed by atoms with Gasteiger partial charge in [0.25, 0.3) is 0 Å². The highest BCUT2D eigenvalue weighted by atomic mass is 32.1. The van der Waals surface area contributed by atoms with Crippen molar-refractivity contribution >= 4 is 35.0 Å². The van der Waals surface area contributed by atoms with Gasteiger partial charge in [-0.3, -0.25) is 0 Å². The van der Waals surface area contributed by atoms with E-state index in [0.29, 0.717) is 0 Å². The summed E-state index contributed by atoms with van der Waals surface area (Å²) < 4.78 is 0. The van der Waals surface area contributed by atoms with Gasteiger partial charge in [0.2, 0.25) is 0 Å². The van der Waals surface area contributed by atoms with E-state index in [4.69, 9.17) is 10.5 Å². The molecule has 0 N–H and O–H groups in total. The van der Waals surface area contributed by atoms with Gasteiger partial charge in [-0.2, -0.15) is 15.6 Å². The quantitative estimate of drug-likeness (QED) is 0.490. The topological polar surface area (TPSA) is 63.2 Å². The lowest BCUT2D eigenvalue weighted by Gasteiger charge is -2.00. The Labute approximate surface area is 131 Å². The number of hydrazone groups is 1. The molecule has 0 saturated carbocycles. The molecule has 6 heteroatoms. The van der Waals surface area contributed by atoms with Crippen LogP contribution >= 0.6 is 22.7 Å². The number of thiophene rings is 2. The van der Waals surface area contributed by atoms with E-state index in [1.807, 2.05) is 50.6 Å². The minimum absolute atomic E-state index is 0.119. The number of nitriles is 2. The van der Waals surface area contributed by atoms with Crippen LogP contribution in [0.1, 0.15) is 9.75 Å². The Morgan fingerprint density at radius 1 is 1.05 bits per heavy atom. The number of hydrogen-bond donors (Lipinski definition) is 0. The van der Waals surface area contributed by atoms with Crippen molar-refractivity contribution < 1.29 is 0 Å². The van der Waals surface area contributed by atoms with E-state index in [0.717, 1.165) is 19.5 Å². The van der Waals surface area contributed by atoms with Gasteiger partial charge in [0.1, 0.15) is 17.7 Å². The summed E-state index contributed by atoms with van der Waals surface area (Å²) in [7, 11) is 3.76. The molecule has 21 heavy (non-hydrogen) atoms. The van der Waals surface area contributed by atoms with Crippen LogP contribution in [-0.4, -0.2) is 25.3 Å². The standard InChI is InChI=1S/C15H12N4S2/c1-19(2)18-10-13-4-6-15(21-13)14-5-3-12(20-14)7-11(8-16)9-17/h3-7,10H,1-2H3/b18-10+. The fourth-order valence-electron chi connectivity index (χ4n) is 1.52. The first-order chi connectivity index (χ1) is 10.1. The molecule has 0 saturated heterocycles. The first kappa shape index (κ1) is 15.0. The van der Waals surface area contributed by atoms with Crippen LogP contribution in [0.2, 0.25) is 0 Å². The molecule has 0 radical (unpaired) electrons. The van der Waals surface area contributed by atoms with Gasteiger partial charge in [0.15, 0.2) is 0 Å². The van der Waals surface area contributed by atoms with Crippen LogP contribution in [0.3, 0.4) is 0 Å². The first-order valence-corrected chi connectivity index (χ1v) is 7.69. The number of hydrogen-bond acceptors (Lipinski definition) is 6. The van der Waals surface area contributed by atoms with Gasteiger partial charge < -0.3 is 5.01 Å². The van der Waals surface area contributed by atoms with Gasteiger partial charge in [0.05, 0.1) is 6.21 Å². The van der Waals surface area contributed by atoms with E-state index in [1.165, 1.54) is 0 Å². The minimum atomic E-state index is 0.119. The van der Waals surface area contributed by atoms with Crippen LogP contribution in [0.15, 0.2) is 34.9 Å². The lowest BCUT2D eigenvalue weighted by Crippen LogP contribution is -2.01. The summed E-state index contributed by atoms with van der Waals surface area (Å²) in [5.74, 6) is 0. The molecular formula is C15H12N4S2. The third-order valence-corrected chi connectivity index (χ3v) is 4.69. The predicted molar refractivity (Wildman–Crippen MR) is 88.1 cm³/mol. The normalized spacial score (nSPS) is 10.1. The van der Waals surface area contributed by atoms with Gasteiger partial charge >= 0.3 is 0 Å². The van der Waals surface area contributed by atoms with Crippen molar-refractivity contribution in [3.63, 3.8) is 0 Å². The molecule has 0 bridgehead atoms. The van der Waals surface area contributed by atoms with Gasteiger partial charge in [-0.05, 0) is 30.3 Å². The Hall–Kier alpha value is -2.41. The molecule has 0 aliphatic rings. The smallest absolute Gasteiger partial charge is 0.131 e. The maximum Gasteiger partial charge on any atom is 0.131 e. The van der Waals surface area contributed by atoms with Gasteiger partial charge in [-0.1, -0.05) is 0 Å². The van der Waals surface area contributed by atoms with Crippen LogP contribution in [0.25, 0.3) is 15.8 Å². The highest BCUT2D eigenvalue weighted by Crippen LogP contribution is 2.33. The Morgan fingerprint density at radius 2 is 1.62 bits per heavy atom. The molecule has 0 aliphatic carbocycles. The predicted octanol–water partition coefficient (Wildman–Crippen LogP) is 3.80. The van der Waals surface area contributed by atoms with Crippen molar-refractivity contribution in [2.45, 2.75) is 0 Å².